The summed E-state index contributed by atoms with van der Waals surface area (Å²) in [4.78, 5) is 11.3. The lowest BCUT2D eigenvalue weighted by Gasteiger charge is -2.10. The molecule has 0 heterocycles. The van der Waals surface area contributed by atoms with Crippen molar-refractivity contribution in [1.82, 2.24) is 5.32 Å². The summed E-state index contributed by atoms with van der Waals surface area (Å²) in [6.45, 7) is 0.0941. The average molecular weight is 409 g/mol. The molecule has 0 fully saturated rings. The van der Waals surface area contributed by atoms with Crippen LogP contribution in [0.25, 0.3) is 0 Å². The molecule has 25 heavy (non-hydrogen) atoms. The van der Waals surface area contributed by atoms with E-state index in [1.165, 1.54) is 18.2 Å². The first-order chi connectivity index (χ1) is 11.7. The van der Waals surface area contributed by atoms with E-state index in [4.69, 9.17) is 23.2 Å². The van der Waals surface area contributed by atoms with Gasteiger partial charge in [0.25, 0.3) is 0 Å². The van der Waals surface area contributed by atoms with Gasteiger partial charge in [0.15, 0.2) is 0 Å². The van der Waals surface area contributed by atoms with Gasteiger partial charge in [-0.2, -0.15) is 8.78 Å². The van der Waals surface area contributed by atoms with Gasteiger partial charge in [0.1, 0.15) is 0 Å². The first kappa shape index (κ1) is 19.4. The van der Waals surface area contributed by atoms with Gasteiger partial charge >= 0.3 is 11.8 Å². The van der Waals surface area contributed by atoms with Crippen molar-refractivity contribution in [2.45, 2.75) is 17.2 Å². The molecule has 2 N–H and O–H groups in total. The topological polar surface area (TPSA) is 75.3 Å². The summed E-state index contributed by atoms with van der Waals surface area (Å²) in [5.74, 6) is -3.54. The number of carbonyl (C=O) groups excluding carboxylic acids is 1. The average Bonchev–Trinajstić information content (AvgIpc) is 2.54. The largest absolute Gasteiger partial charge is 0.341 e. The van der Waals surface area contributed by atoms with Crippen LogP contribution in [0, 0.1) is 0 Å². The highest BCUT2D eigenvalue weighted by atomic mass is 35.5. The fourth-order valence-corrected chi connectivity index (χ4v) is 3.11. The first-order valence-electron chi connectivity index (χ1n) is 6.81. The Morgan fingerprint density at radius 1 is 1.12 bits per heavy atom. The van der Waals surface area contributed by atoms with Crippen LogP contribution in [0.3, 0.4) is 0 Å². The van der Waals surface area contributed by atoms with Crippen molar-refractivity contribution >= 4 is 44.8 Å². The second-order valence-electron chi connectivity index (χ2n) is 4.88. The molecule has 0 aliphatic carbocycles. The summed E-state index contributed by atoms with van der Waals surface area (Å²) in [6.07, 6.45) is 0. The summed E-state index contributed by atoms with van der Waals surface area (Å²) in [5.41, 5.74) is 0.677. The van der Waals surface area contributed by atoms with E-state index in [-0.39, 0.29) is 12.2 Å². The van der Waals surface area contributed by atoms with E-state index in [0.717, 1.165) is 12.1 Å². The Morgan fingerprint density at radius 3 is 2.48 bits per heavy atom. The van der Waals surface area contributed by atoms with E-state index >= 15 is 0 Å². The highest BCUT2D eigenvalue weighted by molar-refractivity contribution is 7.91. The molecule has 2 rings (SSSR count). The van der Waals surface area contributed by atoms with Crippen LogP contribution >= 0.6 is 23.2 Å². The maximum absolute atomic E-state index is 12.6. The Labute approximate surface area is 152 Å². The van der Waals surface area contributed by atoms with E-state index in [9.17, 15) is 22.0 Å². The molecule has 0 bridgehead atoms. The smallest absolute Gasteiger partial charge is 0.334 e. The maximum atomic E-state index is 12.6. The molecule has 0 spiro atoms. The number of sulfone groups is 1. The summed E-state index contributed by atoms with van der Waals surface area (Å²) in [5, 5.41) is 5.71. The standard InChI is InChI=1S/C15H12Cl2F2N2O3S/c16-10-5-4-9(13(17)6-10)8-20-15(22)21-11-2-1-3-12(7-11)25(23,24)14(18)19/h1-7,14H,8H2,(H2,20,21,22). The number of amides is 2. The highest BCUT2D eigenvalue weighted by Crippen LogP contribution is 2.22. The Morgan fingerprint density at radius 2 is 1.84 bits per heavy atom. The monoisotopic (exact) mass is 408 g/mol. The Balaban J connectivity index is 2.03. The van der Waals surface area contributed by atoms with Crippen molar-refractivity contribution in [3.05, 3.63) is 58.1 Å². The zero-order valence-corrected chi connectivity index (χ0v) is 14.8. The lowest BCUT2D eigenvalue weighted by molar-refractivity contribution is 0.235. The fourth-order valence-electron chi connectivity index (χ4n) is 1.87. The summed E-state index contributed by atoms with van der Waals surface area (Å²) in [6, 6.07) is 8.73. The number of carbonyl (C=O) groups is 1. The summed E-state index contributed by atoms with van der Waals surface area (Å²) >= 11 is 11.8. The van der Waals surface area contributed by atoms with Crippen molar-refractivity contribution in [1.29, 1.82) is 0 Å². The predicted octanol–water partition coefficient (Wildman–Crippen LogP) is 4.31. The van der Waals surface area contributed by atoms with Crippen LogP contribution in [0.1, 0.15) is 5.56 Å². The molecule has 0 saturated heterocycles. The molecular formula is C15H12Cl2F2N2O3S. The number of hydrogen-bond donors (Lipinski definition) is 2. The second-order valence-corrected chi connectivity index (χ2v) is 7.64. The van der Waals surface area contributed by atoms with Crippen molar-refractivity contribution in [3.8, 4) is 0 Å². The minimum Gasteiger partial charge on any atom is -0.334 e. The predicted molar refractivity (Wildman–Crippen MR) is 92.0 cm³/mol. The van der Waals surface area contributed by atoms with Crippen molar-refractivity contribution < 1.29 is 22.0 Å². The van der Waals surface area contributed by atoms with Crippen LogP contribution in [0.5, 0.6) is 0 Å². The Bertz CT molecular complexity index is 892. The number of alkyl halides is 2. The van der Waals surface area contributed by atoms with E-state index in [0.29, 0.717) is 15.6 Å². The van der Waals surface area contributed by atoms with Crippen LogP contribution in [-0.4, -0.2) is 20.2 Å². The molecule has 2 aromatic rings. The fraction of sp³-hybridized carbons (Fsp3) is 0.133. The van der Waals surface area contributed by atoms with Crippen LogP contribution < -0.4 is 10.6 Å². The van der Waals surface area contributed by atoms with Crippen LogP contribution in [-0.2, 0) is 16.4 Å². The second kappa shape index (κ2) is 7.99. The molecule has 0 radical (unpaired) electrons. The van der Waals surface area contributed by atoms with Crippen LogP contribution in [0.2, 0.25) is 10.0 Å². The molecule has 134 valence electrons. The normalized spacial score (nSPS) is 11.4. The van der Waals surface area contributed by atoms with Gasteiger partial charge in [-0.3, -0.25) is 0 Å². The van der Waals surface area contributed by atoms with Gasteiger partial charge < -0.3 is 10.6 Å². The molecule has 2 amide bonds. The van der Waals surface area contributed by atoms with E-state index in [1.54, 1.807) is 12.1 Å². The first-order valence-corrected chi connectivity index (χ1v) is 9.11. The lowest BCUT2D eigenvalue weighted by atomic mass is 10.2. The molecule has 5 nitrogen and oxygen atoms in total. The molecular weight excluding hydrogens is 397 g/mol. The molecule has 0 unspecified atom stereocenters. The third-order valence-electron chi connectivity index (χ3n) is 3.11. The van der Waals surface area contributed by atoms with E-state index in [2.05, 4.69) is 10.6 Å². The highest BCUT2D eigenvalue weighted by Gasteiger charge is 2.26. The van der Waals surface area contributed by atoms with Crippen molar-refractivity contribution in [3.63, 3.8) is 0 Å². The maximum Gasteiger partial charge on any atom is 0.341 e. The minimum absolute atomic E-state index is 0.0569. The minimum atomic E-state index is -4.74. The zero-order chi connectivity index (χ0) is 18.6. The van der Waals surface area contributed by atoms with Gasteiger partial charge in [-0.25, -0.2) is 13.2 Å². The quantitative estimate of drug-likeness (QED) is 0.773. The third kappa shape index (κ3) is 5.04. The zero-order valence-electron chi connectivity index (χ0n) is 12.5. The third-order valence-corrected chi connectivity index (χ3v) is 5.08. The van der Waals surface area contributed by atoms with Crippen LogP contribution in [0.4, 0.5) is 19.3 Å². The van der Waals surface area contributed by atoms with Gasteiger partial charge in [-0.1, -0.05) is 35.3 Å². The molecule has 0 aliphatic heterocycles. The van der Waals surface area contributed by atoms with E-state index in [1.807, 2.05) is 0 Å². The van der Waals surface area contributed by atoms with Gasteiger partial charge in [-0.15, -0.1) is 0 Å². The molecule has 0 atom stereocenters. The number of nitrogens with one attached hydrogen (secondary N) is 2. The molecule has 10 heteroatoms. The van der Waals surface area contributed by atoms with Gasteiger partial charge in [0.2, 0.25) is 9.84 Å². The number of rotatable bonds is 5. The molecule has 2 aromatic carbocycles. The molecule has 0 aliphatic rings. The number of hydrogen-bond acceptors (Lipinski definition) is 3. The van der Waals surface area contributed by atoms with Gasteiger partial charge in [0.05, 0.1) is 4.90 Å². The van der Waals surface area contributed by atoms with Crippen molar-refractivity contribution in [2.24, 2.45) is 0 Å². The van der Waals surface area contributed by atoms with Crippen molar-refractivity contribution in [2.75, 3.05) is 5.32 Å². The van der Waals surface area contributed by atoms with E-state index < -0.39 is 26.5 Å². The van der Waals surface area contributed by atoms with Crippen LogP contribution in [0.15, 0.2) is 47.4 Å². The SMILES string of the molecule is O=C(NCc1ccc(Cl)cc1Cl)Nc1cccc(S(=O)(=O)C(F)F)c1. The Kier molecular flexibility index (Phi) is 6.21. The number of benzene rings is 2. The lowest BCUT2D eigenvalue weighted by Crippen LogP contribution is -2.28. The molecule has 0 saturated carbocycles. The summed E-state index contributed by atoms with van der Waals surface area (Å²) < 4.78 is 48.0. The molecule has 0 aromatic heterocycles. The number of urea groups is 1. The van der Waals surface area contributed by atoms with Gasteiger partial charge in [0, 0.05) is 22.3 Å². The number of anilines is 1. The summed E-state index contributed by atoms with van der Waals surface area (Å²) in [7, 11) is -4.74. The Hall–Kier alpha value is -1.90. The van der Waals surface area contributed by atoms with Gasteiger partial charge in [-0.05, 0) is 35.9 Å². The number of halogens is 4.